The maximum Gasteiger partial charge on any atom is 0.220 e. The number of aromatic nitrogens is 1. The molecule has 0 saturated heterocycles. The molecule has 3 rings (SSSR count). The van der Waals surface area contributed by atoms with Gasteiger partial charge in [0.1, 0.15) is 0 Å². The van der Waals surface area contributed by atoms with E-state index in [9.17, 15) is 4.79 Å². The number of hydrogen-bond donors (Lipinski definition) is 1. The summed E-state index contributed by atoms with van der Waals surface area (Å²) >= 11 is 7.53. The molecule has 5 heteroatoms. The average molecular weight is 345 g/mol. The summed E-state index contributed by atoms with van der Waals surface area (Å²) in [5.74, 6) is 0.0340. The van der Waals surface area contributed by atoms with Crippen LogP contribution in [0, 0.1) is 0 Å². The summed E-state index contributed by atoms with van der Waals surface area (Å²) in [5, 5.41) is 4.71. The first-order valence-corrected chi connectivity index (χ1v) is 8.70. The van der Waals surface area contributed by atoms with Crippen molar-refractivity contribution >= 4 is 39.1 Å². The molecule has 3 aromatic rings. The molecule has 0 bridgehead atoms. The zero-order valence-electron chi connectivity index (χ0n) is 12.8. The second-order valence-corrected chi connectivity index (χ2v) is 6.97. The minimum Gasteiger partial charge on any atom is -0.350 e. The van der Waals surface area contributed by atoms with Crippen LogP contribution in [0.3, 0.4) is 0 Å². The van der Waals surface area contributed by atoms with Gasteiger partial charge in [-0.3, -0.25) is 4.79 Å². The van der Waals surface area contributed by atoms with E-state index in [-0.39, 0.29) is 11.9 Å². The predicted octanol–water partition coefficient (Wildman–Crippen LogP) is 4.76. The molecule has 1 atom stereocenters. The third-order valence-electron chi connectivity index (χ3n) is 3.65. The third kappa shape index (κ3) is 4.09. The third-order valence-corrected chi connectivity index (χ3v) is 5.00. The largest absolute Gasteiger partial charge is 0.350 e. The number of benzene rings is 2. The molecular weight excluding hydrogens is 328 g/mol. The molecule has 1 amide bonds. The number of thiazole rings is 1. The van der Waals surface area contributed by atoms with E-state index in [0.717, 1.165) is 20.8 Å². The van der Waals surface area contributed by atoms with Crippen LogP contribution < -0.4 is 5.32 Å². The Bertz CT molecular complexity index is 780. The Hall–Kier alpha value is -1.91. The van der Waals surface area contributed by atoms with Crippen LogP contribution >= 0.6 is 22.9 Å². The highest BCUT2D eigenvalue weighted by Crippen LogP contribution is 2.22. The van der Waals surface area contributed by atoms with Crippen molar-refractivity contribution in [2.24, 2.45) is 0 Å². The molecule has 0 saturated carbocycles. The maximum absolute atomic E-state index is 12.1. The number of hydrogen-bond acceptors (Lipinski definition) is 3. The lowest BCUT2D eigenvalue weighted by Crippen LogP contribution is -2.26. The lowest BCUT2D eigenvalue weighted by molar-refractivity contribution is -0.121. The molecule has 0 spiro atoms. The van der Waals surface area contributed by atoms with E-state index in [0.29, 0.717) is 17.9 Å². The van der Waals surface area contributed by atoms with Gasteiger partial charge in [-0.15, -0.1) is 11.3 Å². The van der Waals surface area contributed by atoms with Gasteiger partial charge in [-0.2, -0.15) is 0 Å². The second kappa shape index (κ2) is 7.11. The smallest absolute Gasteiger partial charge is 0.220 e. The molecule has 0 aliphatic carbocycles. The molecule has 118 valence electrons. The number of nitrogens with one attached hydrogen (secondary N) is 1. The van der Waals surface area contributed by atoms with Crippen molar-refractivity contribution in [2.75, 3.05) is 0 Å². The Morgan fingerprint density at radius 1 is 1.22 bits per heavy atom. The quantitative estimate of drug-likeness (QED) is 0.725. The molecular formula is C18H17ClN2OS. The number of rotatable bonds is 5. The summed E-state index contributed by atoms with van der Waals surface area (Å²) in [7, 11) is 0. The van der Waals surface area contributed by atoms with E-state index in [1.165, 1.54) is 0 Å². The molecule has 0 fully saturated rings. The predicted molar refractivity (Wildman–Crippen MR) is 96.0 cm³/mol. The van der Waals surface area contributed by atoms with E-state index in [1.807, 2.05) is 49.4 Å². The number of aryl methyl sites for hydroxylation is 1. The number of carbonyl (C=O) groups excluding carboxylic acids is 1. The second-order valence-electron chi connectivity index (χ2n) is 5.42. The fraction of sp³-hybridized carbons (Fsp3) is 0.222. The zero-order valence-corrected chi connectivity index (χ0v) is 14.3. The molecule has 3 nitrogen and oxygen atoms in total. The topological polar surface area (TPSA) is 42.0 Å². The average Bonchev–Trinajstić information content (AvgIpc) is 2.96. The highest BCUT2D eigenvalue weighted by Gasteiger charge is 2.11. The van der Waals surface area contributed by atoms with Gasteiger partial charge < -0.3 is 5.32 Å². The summed E-state index contributed by atoms with van der Waals surface area (Å²) < 4.78 is 1.16. The van der Waals surface area contributed by atoms with Crippen molar-refractivity contribution in [3.63, 3.8) is 0 Å². The lowest BCUT2D eigenvalue weighted by Gasteiger charge is -2.14. The SMILES string of the molecule is C[C@@H](NC(=O)CCc1nc2ccccc2s1)c1ccc(Cl)cc1. The van der Waals surface area contributed by atoms with Gasteiger partial charge in [0.2, 0.25) is 5.91 Å². The van der Waals surface area contributed by atoms with Crippen molar-refractivity contribution < 1.29 is 4.79 Å². The fourth-order valence-corrected chi connectivity index (χ4v) is 3.49. The van der Waals surface area contributed by atoms with E-state index < -0.39 is 0 Å². The monoisotopic (exact) mass is 344 g/mol. The number of fused-ring (bicyclic) bond motifs is 1. The summed E-state index contributed by atoms with van der Waals surface area (Å²) in [6.07, 6.45) is 1.11. The summed E-state index contributed by atoms with van der Waals surface area (Å²) in [6.45, 7) is 1.97. The number of carbonyl (C=O) groups is 1. The van der Waals surface area contributed by atoms with E-state index >= 15 is 0 Å². The van der Waals surface area contributed by atoms with Gasteiger partial charge in [-0.1, -0.05) is 35.9 Å². The van der Waals surface area contributed by atoms with Crippen LogP contribution in [0.15, 0.2) is 48.5 Å². The summed E-state index contributed by atoms with van der Waals surface area (Å²) in [5.41, 5.74) is 2.05. The number of para-hydroxylation sites is 1. The van der Waals surface area contributed by atoms with Crippen molar-refractivity contribution in [3.05, 3.63) is 64.1 Å². The van der Waals surface area contributed by atoms with Crippen LogP contribution in [0.1, 0.15) is 30.0 Å². The standard InChI is InChI=1S/C18H17ClN2OS/c1-12(13-6-8-14(19)9-7-13)20-17(22)10-11-18-21-15-4-2-3-5-16(15)23-18/h2-9,12H,10-11H2,1H3,(H,20,22)/t12-/m1/s1. The molecule has 1 heterocycles. The minimum atomic E-state index is -0.0323. The van der Waals surface area contributed by atoms with Gasteiger partial charge in [-0.25, -0.2) is 4.98 Å². The van der Waals surface area contributed by atoms with Crippen LogP contribution in [0.25, 0.3) is 10.2 Å². The molecule has 2 aromatic carbocycles. The summed E-state index contributed by atoms with van der Waals surface area (Å²) in [4.78, 5) is 16.7. The van der Waals surface area contributed by atoms with Gasteiger partial charge >= 0.3 is 0 Å². The van der Waals surface area contributed by atoms with Crippen molar-refractivity contribution in [1.82, 2.24) is 10.3 Å². The molecule has 0 aliphatic heterocycles. The Morgan fingerprint density at radius 2 is 1.96 bits per heavy atom. The van der Waals surface area contributed by atoms with Crippen LogP contribution in [0.2, 0.25) is 5.02 Å². The van der Waals surface area contributed by atoms with Crippen LogP contribution in [0.4, 0.5) is 0 Å². The molecule has 1 aromatic heterocycles. The molecule has 23 heavy (non-hydrogen) atoms. The molecule has 0 radical (unpaired) electrons. The molecule has 0 unspecified atom stereocenters. The van der Waals surface area contributed by atoms with E-state index in [1.54, 1.807) is 11.3 Å². The van der Waals surface area contributed by atoms with Crippen molar-refractivity contribution in [2.45, 2.75) is 25.8 Å². The van der Waals surface area contributed by atoms with Crippen LogP contribution in [-0.2, 0) is 11.2 Å². The highest BCUT2D eigenvalue weighted by atomic mass is 35.5. The normalized spacial score (nSPS) is 12.3. The lowest BCUT2D eigenvalue weighted by atomic mass is 10.1. The van der Waals surface area contributed by atoms with Crippen molar-refractivity contribution in [1.29, 1.82) is 0 Å². The van der Waals surface area contributed by atoms with Gasteiger partial charge in [-0.05, 0) is 36.8 Å². The first-order valence-electron chi connectivity index (χ1n) is 7.51. The van der Waals surface area contributed by atoms with Crippen LogP contribution in [0.5, 0.6) is 0 Å². The minimum absolute atomic E-state index is 0.0323. The van der Waals surface area contributed by atoms with Gasteiger partial charge in [0.15, 0.2) is 0 Å². The molecule has 0 aliphatic rings. The Kier molecular flexibility index (Phi) is 4.94. The summed E-state index contributed by atoms with van der Waals surface area (Å²) in [6, 6.07) is 15.5. The number of amides is 1. The number of nitrogens with zero attached hydrogens (tertiary/aromatic N) is 1. The zero-order chi connectivity index (χ0) is 16.2. The fourth-order valence-electron chi connectivity index (χ4n) is 2.40. The first-order chi connectivity index (χ1) is 11.1. The highest BCUT2D eigenvalue weighted by molar-refractivity contribution is 7.18. The Balaban J connectivity index is 1.55. The van der Waals surface area contributed by atoms with Gasteiger partial charge in [0.25, 0.3) is 0 Å². The van der Waals surface area contributed by atoms with Crippen molar-refractivity contribution in [3.8, 4) is 0 Å². The van der Waals surface area contributed by atoms with Gasteiger partial charge in [0, 0.05) is 17.9 Å². The maximum atomic E-state index is 12.1. The van der Waals surface area contributed by atoms with Crippen LogP contribution in [-0.4, -0.2) is 10.9 Å². The van der Waals surface area contributed by atoms with E-state index in [2.05, 4.69) is 16.4 Å². The first kappa shape index (κ1) is 16.0. The van der Waals surface area contributed by atoms with Gasteiger partial charge in [0.05, 0.1) is 21.3 Å². The number of halogens is 1. The Morgan fingerprint density at radius 3 is 2.70 bits per heavy atom. The molecule has 1 N–H and O–H groups in total. The Labute approximate surface area is 144 Å². The van der Waals surface area contributed by atoms with E-state index in [4.69, 9.17) is 11.6 Å².